The fourth-order valence-corrected chi connectivity index (χ4v) is 1.18. The Morgan fingerprint density at radius 1 is 1.62 bits per heavy atom. The largest absolute Gasteiger partial charge is 0.505 e. The van der Waals surface area contributed by atoms with Crippen LogP contribution in [0, 0.1) is 0 Å². The van der Waals surface area contributed by atoms with Crippen molar-refractivity contribution in [2.24, 2.45) is 0 Å². The van der Waals surface area contributed by atoms with Crippen LogP contribution in [0.15, 0.2) is 16.6 Å². The van der Waals surface area contributed by atoms with Crippen LogP contribution in [0.2, 0.25) is 0 Å². The molecule has 0 fully saturated rings. The van der Waals surface area contributed by atoms with Gasteiger partial charge in [-0.25, -0.2) is 4.79 Å². The highest BCUT2D eigenvalue weighted by molar-refractivity contribution is 9.10. The van der Waals surface area contributed by atoms with E-state index in [0.29, 0.717) is 4.47 Å². The molecule has 0 unspecified atom stereocenters. The van der Waals surface area contributed by atoms with E-state index < -0.39 is 5.97 Å². The fourth-order valence-electron chi connectivity index (χ4n) is 0.858. The third kappa shape index (κ3) is 1.75. The first-order valence-electron chi connectivity index (χ1n) is 3.43. The molecule has 0 radical (unpaired) electrons. The van der Waals surface area contributed by atoms with Crippen molar-refractivity contribution in [2.75, 3.05) is 12.8 Å². The van der Waals surface area contributed by atoms with Crippen LogP contribution in [0.25, 0.3) is 0 Å². The number of phenolic OH excluding ortho intramolecular Hbond substituents is 1. The SMILES string of the molecule is COC(=O)c1ccc(Br)c(N)c1O. The molecule has 0 saturated heterocycles. The summed E-state index contributed by atoms with van der Waals surface area (Å²) in [5.41, 5.74) is 5.66. The maximum atomic E-state index is 11.0. The van der Waals surface area contributed by atoms with Gasteiger partial charge in [-0.1, -0.05) is 0 Å². The zero-order valence-electron chi connectivity index (χ0n) is 6.87. The zero-order valence-corrected chi connectivity index (χ0v) is 8.46. The van der Waals surface area contributed by atoms with Crippen molar-refractivity contribution in [1.82, 2.24) is 0 Å². The molecule has 0 aliphatic rings. The van der Waals surface area contributed by atoms with Gasteiger partial charge in [-0.3, -0.25) is 0 Å². The number of carbonyl (C=O) groups excluding carboxylic acids is 1. The second-order valence-corrected chi connectivity index (χ2v) is 3.20. The predicted molar refractivity (Wildman–Crippen MR) is 51.6 cm³/mol. The minimum atomic E-state index is -0.614. The summed E-state index contributed by atoms with van der Waals surface area (Å²) in [6, 6.07) is 3.00. The number of phenols is 1. The van der Waals surface area contributed by atoms with Gasteiger partial charge in [-0.15, -0.1) is 0 Å². The van der Waals surface area contributed by atoms with E-state index in [2.05, 4.69) is 20.7 Å². The molecule has 0 atom stereocenters. The lowest BCUT2D eigenvalue weighted by molar-refractivity contribution is 0.0597. The normalized spacial score (nSPS) is 9.69. The molecule has 0 heterocycles. The van der Waals surface area contributed by atoms with Crippen LogP contribution in [0.4, 0.5) is 5.69 Å². The Morgan fingerprint density at radius 3 is 2.77 bits per heavy atom. The lowest BCUT2D eigenvalue weighted by atomic mass is 10.2. The molecule has 0 aliphatic carbocycles. The molecule has 13 heavy (non-hydrogen) atoms. The second kappa shape index (κ2) is 3.66. The number of nitrogens with two attached hydrogens (primary N) is 1. The molecule has 0 saturated carbocycles. The van der Waals surface area contributed by atoms with E-state index in [9.17, 15) is 9.90 Å². The second-order valence-electron chi connectivity index (χ2n) is 2.35. The quantitative estimate of drug-likeness (QED) is 0.447. The summed E-state index contributed by atoms with van der Waals surface area (Å²) < 4.78 is 4.98. The molecule has 0 spiro atoms. The number of esters is 1. The van der Waals surface area contributed by atoms with Crippen LogP contribution in [0.3, 0.4) is 0 Å². The van der Waals surface area contributed by atoms with Crippen LogP contribution in [0.1, 0.15) is 10.4 Å². The summed E-state index contributed by atoms with van der Waals surface area (Å²) in [6.07, 6.45) is 0. The number of rotatable bonds is 1. The van der Waals surface area contributed by atoms with E-state index in [1.807, 2.05) is 0 Å². The summed E-state index contributed by atoms with van der Waals surface area (Å²) in [4.78, 5) is 11.0. The van der Waals surface area contributed by atoms with E-state index in [4.69, 9.17) is 5.73 Å². The average Bonchev–Trinajstić information content (AvgIpc) is 2.13. The number of nitrogen functional groups attached to an aromatic ring is 1. The van der Waals surface area contributed by atoms with Crippen LogP contribution in [0.5, 0.6) is 5.75 Å². The van der Waals surface area contributed by atoms with Crippen LogP contribution < -0.4 is 5.73 Å². The smallest absolute Gasteiger partial charge is 0.341 e. The Balaban J connectivity index is 3.26. The van der Waals surface area contributed by atoms with E-state index >= 15 is 0 Å². The molecule has 0 aromatic heterocycles. The Bertz CT molecular complexity index is 351. The summed E-state index contributed by atoms with van der Waals surface area (Å²) >= 11 is 3.11. The highest BCUT2D eigenvalue weighted by atomic mass is 79.9. The molecule has 4 nitrogen and oxygen atoms in total. The van der Waals surface area contributed by atoms with Gasteiger partial charge in [0.2, 0.25) is 0 Å². The number of halogens is 1. The summed E-state index contributed by atoms with van der Waals surface area (Å²) in [5, 5.41) is 9.42. The number of hydrogen-bond donors (Lipinski definition) is 2. The monoisotopic (exact) mass is 245 g/mol. The number of carbonyl (C=O) groups is 1. The minimum Gasteiger partial charge on any atom is -0.505 e. The first kappa shape index (κ1) is 9.85. The van der Waals surface area contributed by atoms with E-state index in [0.717, 1.165) is 0 Å². The molecule has 3 N–H and O–H groups in total. The van der Waals surface area contributed by atoms with E-state index in [-0.39, 0.29) is 17.0 Å². The maximum Gasteiger partial charge on any atom is 0.341 e. The Kier molecular flexibility index (Phi) is 2.77. The highest BCUT2D eigenvalue weighted by Gasteiger charge is 2.14. The van der Waals surface area contributed by atoms with Crippen molar-refractivity contribution in [3.05, 3.63) is 22.2 Å². The van der Waals surface area contributed by atoms with Gasteiger partial charge in [0, 0.05) is 4.47 Å². The lowest BCUT2D eigenvalue weighted by Gasteiger charge is -2.06. The predicted octanol–water partition coefficient (Wildman–Crippen LogP) is 1.52. The van der Waals surface area contributed by atoms with Gasteiger partial charge in [0.25, 0.3) is 0 Å². The number of ether oxygens (including phenoxy) is 1. The fraction of sp³-hybridized carbons (Fsp3) is 0.125. The van der Waals surface area contributed by atoms with Crippen LogP contribution in [-0.4, -0.2) is 18.2 Å². The van der Waals surface area contributed by atoms with Crippen molar-refractivity contribution < 1.29 is 14.6 Å². The van der Waals surface area contributed by atoms with Crippen molar-refractivity contribution in [1.29, 1.82) is 0 Å². The Hall–Kier alpha value is -1.23. The average molecular weight is 246 g/mol. The van der Waals surface area contributed by atoms with Gasteiger partial charge >= 0.3 is 5.97 Å². The van der Waals surface area contributed by atoms with Crippen molar-refractivity contribution in [3.63, 3.8) is 0 Å². The summed E-state index contributed by atoms with van der Waals surface area (Å²) in [5.74, 6) is -0.877. The number of hydrogen-bond acceptors (Lipinski definition) is 4. The minimum absolute atomic E-state index is 0.0585. The first-order valence-corrected chi connectivity index (χ1v) is 4.22. The van der Waals surface area contributed by atoms with Gasteiger partial charge in [0.1, 0.15) is 5.56 Å². The van der Waals surface area contributed by atoms with Gasteiger partial charge in [-0.2, -0.15) is 0 Å². The lowest BCUT2D eigenvalue weighted by Crippen LogP contribution is -2.03. The number of aromatic hydroxyl groups is 1. The molecule has 0 amide bonds. The molecule has 5 heteroatoms. The number of benzene rings is 1. The van der Waals surface area contributed by atoms with Gasteiger partial charge in [-0.05, 0) is 28.1 Å². The maximum absolute atomic E-state index is 11.0. The molecule has 70 valence electrons. The van der Waals surface area contributed by atoms with Crippen molar-refractivity contribution >= 4 is 27.6 Å². The van der Waals surface area contributed by atoms with Crippen molar-refractivity contribution in [2.45, 2.75) is 0 Å². The molecule has 0 aliphatic heterocycles. The summed E-state index contributed by atoms with van der Waals surface area (Å²) in [6.45, 7) is 0. The van der Waals surface area contributed by atoms with Crippen LogP contribution >= 0.6 is 15.9 Å². The zero-order chi connectivity index (χ0) is 10.0. The van der Waals surface area contributed by atoms with E-state index in [1.165, 1.54) is 13.2 Å². The molecule has 1 rings (SSSR count). The first-order chi connectivity index (χ1) is 6.07. The molecule has 1 aromatic carbocycles. The third-order valence-corrected chi connectivity index (χ3v) is 2.26. The molecular formula is C8H8BrNO3. The summed E-state index contributed by atoms with van der Waals surface area (Å²) in [7, 11) is 1.24. The van der Waals surface area contributed by atoms with Crippen LogP contribution in [-0.2, 0) is 4.74 Å². The topological polar surface area (TPSA) is 72.5 Å². The third-order valence-electron chi connectivity index (χ3n) is 1.57. The number of methoxy groups -OCH3 is 1. The Morgan fingerprint density at radius 2 is 2.23 bits per heavy atom. The molecular weight excluding hydrogens is 238 g/mol. The van der Waals surface area contributed by atoms with Gasteiger partial charge in [0.15, 0.2) is 5.75 Å². The standard InChI is InChI=1S/C8H8BrNO3/c1-13-8(12)4-2-3-5(9)6(10)7(4)11/h2-3,11H,10H2,1H3. The molecule has 1 aromatic rings. The highest BCUT2D eigenvalue weighted by Crippen LogP contribution is 2.32. The van der Waals surface area contributed by atoms with Gasteiger partial charge < -0.3 is 15.6 Å². The number of anilines is 1. The molecule has 0 bridgehead atoms. The van der Waals surface area contributed by atoms with Crippen molar-refractivity contribution in [3.8, 4) is 5.75 Å². The Labute approximate surface area is 83.4 Å². The van der Waals surface area contributed by atoms with Gasteiger partial charge in [0.05, 0.1) is 12.8 Å². The van der Waals surface area contributed by atoms with E-state index in [1.54, 1.807) is 6.07 Å².